The van der Waals surface area contributed by atoms with E-state index < -0.39 is 10.0 Å². The molecule has 0 bridgehead atoms. The zero-order chi connectivity index (χ0) is 22.2. The number of halogens is 2. The molecule has 0 saturated carbocycles. The van der Waals surface area contributed by atoms with Crippen molar-refractivity contribution in [1.82, 2.24) is 19.0 Å². The summed E-state index contributed by atoms with van der Waals surface area (Å²) in [4.78, 5) is 14.9. The predicted octanol–water partition coefficient (Wildman–Crippen LogP) is 3.63. The Hall–Kier alpha value is -2.39. The van der Waals surface area contributed by atoms with Crippen molar-refractivity contribution < 1.29 is 13.2 Å². The Bertz CT molecular complexity index is 1200. The van der Waals surface area contributed by atoms with Crippen LogP contribution in [-0.4, -0.2) is 59.5 Å². The first-order chi connectivity index (χ1) is 14.8. The van der Waals surface area contributed by atoms with Crippen LogP contribution in [0, 0.1) is 6.92 Å². The van der Waals surface area contributed by atoms with E-state index in [1.165, 1.54) is 16.4 Å². The quantitative estimate of drug-likeness (QED) is 0.573. The Morgan fingerprint density at radius 2 is 1.45 bits per heavy atom. The van der Waals surface area contributed by atoms with Gasteiger partial charge in [-0.1, -0.05) is 23.2 Å². The molecule has 1 saturated heterocycles. The highest BCUT2D eigenvalue weighted by molar-refractivity contribution is 7.89. The van der Waals surface area contributed by atoms with Crippen molar-refractivity contribution in [3.8, 4) is 5.69 Å². The van der Waals surface area contributed by atoms with Gasteiger partial charge in [0.25, 0.3) is 5.91 Å². The molecule has 0 radical (unpaired) electrons. The van der Waals surface area contributed by atoms with Crippen LogP contribution in [0.1, 0.15) is 16.1 Å². The van der Waals surface area contributed by atoms with Gasteiger partial charge in [-0.15, -0.1) is 0 Å². The lowest BCUT2D eigenvalue weighted by Crippen LogP contribution is -2.50. The van der Waals surface area contributed by atoms with Crippen molar-refractivity contribution in [2.75, 3.05) is 26.2 Å². The van der Waals surface area contributed by atoms with E-state index in [0.29, 0.717) is 34.4 Å². The zero-order valence-corrected chi connectivity index (χ0v) is 19.0. The maximum atomic E-state index is 13.1. The SMILES string of the molecule is Cc1c(C(=O)N2CCN(S(=O)(=O)c3ccc(Cl)cc3)CC2)cnn1-c1ccc(Cl)cc1. The molecule has 7 nitrogen and oxygen atoms in total. The van der Waals surface area contributed by atoms with Gasteiger partial charge in [-0.2, -0.15) is 9.40 Å². The number of carbonyl (C=O) groups is 1. The monoisotopic (exact) mass is 478 g/mol. The summed E-state index contributed by atoms with van der Waals surface area (Å²) in [6.07, 6.45) is 1.54. The maximum Gasteiger partial charge on any atom is 0.257 e. The average Bonchev–Trinajstić information content (AvgIpc) is 3.15. The van der Waals surface area contributed by atoms with E-state index in [2.05, 4.69) is 5.10 Å². The Balaban J connectivity index is 1.46. The Kier molecular flexibility index (Phi) is 6.07. The van der Waals surface area contributed by atoms with Crippen molar-refractivity contribution in [3.63, 3.8) is 0 Å². The number of amides is 1. The number of aromatic nitrogens is 2. The van der Waals surface area contributed by atoms with Crippen molar-refractivity contribution in [1.29, 1.82) is 0 Å². The van der Waals surface area contributed by atoms with Gasteiger partial charge in [-0.3, -0.25) is 4.79 Å². The summed E-state index contributed by atoms with van der Waals surface area (Å²) >= 11 is 11.8. The Morgan fingerprint density at radius 1 is 0.903 bits per heavy atom. The molecule has 1 fully saturated rings. The number of sulfonamides is 1. The third-order valence-corrected chi connectivity index (χ3v) is 7.71. The molecule has 2 aromatic carbocycles. The molecule has 162 valence electrons. The van der Waals surface area contributed by atoms with E-state index >= 15 is 0 Å². The number of nitrogens with zero attached hydrogens (tertiary/aromatic N) is 4. The van der Waals surface area contributed by atoms with Gasteiger partial charge in [0, 0.05) is 36.2 Å². The highest BCUT2D eigenvalue weighted by Crippen LogP contribution is 2.22. The lowest BCUT2D eigenvalue weighted by molar-refractivity contribution is 0.0697. The lowest BCUT2D eigenvalue weighted by Gasteiger charge is -2.34. The van der Waals surface area contributed by atoms with Gasteiger partial charge in [0.05, 0.1) is 28.0 Å². The van der Waals surface area contributed by atoms with Crippen LogP contribution in [0.25, 0.3) is 5.69 Å². The van der Waals surface area contributed by atoms with Crippen molar-refractivity contribution in [2.45, 2.75) is 11.8 Å². The second kappa shape index (κ2) is 8.63. The van der Waals surface area contributed by atoms with E-state index in [0.717, 1.165) is 5.69 Å². The fraction of sp³-hybridized carbons (Fsp3) is 0.238. The van der Waals surface area contributed by atoms with E-state index in [1.807, 2.05) is 19.1 Å². The highest BCUT2D eigenvalue weighted by atomic mass is 35.5. The summed E-state index contributed by atoms with van der Waals surface area (Å²) in [5.41, 5.74) is 2.01. The summed E-state index contributed by atoms with van der Waals surface area (Å²) in [6, 6.07) is 13.3. The number of rotatable bonds is 4. The third-order valence-electron chi connectivity index (χ3n) is 5.29. The molecular formula is C21H20Cl2N4O3S. The number of piperazine rings is 1. The molecule has 0 aliphatic carbocycles. The van der Waals surface area contributed by atoms with Gasteiger partial charge < -0.3 is 4.90 Å². The topological polar surface area (TPSA) is 75.5 Å². The molecule has 1 aliphatic heterocycles. The molecular weight excluding hydrogens is 459 g/mol. The van der Waals surface area contributed by atoms with Gasteiger partial charge in [0.15, 0.2) is 0 Å². The smallest absolute Gasteiger partial charge is 0.257 e. The number of carbonyl (C=O) groups excluding carboxylic acids is 1. The second-order valence-electron chi connectivity index (χ2n) is 7.18. The van der Waals surface area contributed by atoms with Gasteiger partial charge in [0.2, 0.25) is 10.0 Å². The fourth-order valence-electron chi connectivity index (χ4n) is 3.52. The van der Waals surface area contributed by atoms with Crippen molar-refractivity contribution >= 4 is 39.1 Å². The molecule has 1 aromatic heterocycles. The van der Waals surface area contributed by atoms with E-state index in [1.54, 1.807) is 40.0 Å². The molecule has 0 atom stereocenters. The molecule has 0 N–H and O–H groups in total. The minimum atomic E-state index is -3.63. The number of hydrogen-bond donors (Lipinski definition) is 0. The van der Waals surface area contributed by atoms with Gasteiger partial charge >= 0.3 is 0 Å². The van der Waals surface area contributed by atoms with Crippen LogP contribution in [0.4, 0.5) is 0 Å². The summed E-state index contributed by atoms with van der Waals surface area (Å²) in [7, 11) is -3.63. The van der Waals surface area contributed by atoms with Crippen LogP contribution >= 0.6 is 23.2 Å². The van der Waals surface area contributed by atoms with Crippen LogP contribution in [0.5, 0.6) is 0 Å². The minimum Gasteiger partial charge on any atom is -0.336 e. The largest absolute Gasteiger partial charge is 0.336 e. The highest BCUT2D eigenvalue weighted by Gasteiger charge is 2.31. The van der Waals surface area contributed by atoms with E-state index in [-0.39, 0.29) is 23.9 Å². The normalized spacial score (nSPS) is 15.3. The molecule has 31 heavy (non-hydrogen) atoms. The minimum absolute atomic E-state index is 0.166. The summed E-state index contributed by atoms with van der Waals surface area (Å²) < 4.78 is 28.8. The fourth-order valence-corrected chi connectivity index (χ4v) is 5.19. The number of hydrogen-bond acceptors (Lipinski definition) is 4. The maximum absolute atomic E-state index is 13.1. The Labute approximate surface area is 190 Å². The molecule has 10 heteroatoms. The lowest BCUT2D eigenvalue weighted by atomic mass is 10.2. The van der Waals surface area contributed by atoms with Crippen molar-refractivity contribution in [2.24, 2.45) is 0 Å². The van der Waals surface area contributed by atoms with Gasteiger partial charge in [-0.05, 0) is 55.5 Å². The van der Waals surface area contributed by atoms with Crippen LogP contribution in [0.15, 0.2) is 59.6 Å². The molecule has 1 aliphatic rings. The number of benzene rings is 2. The molecule has 0 spiro atoms. The Morgan fingerprint density at radius 3 is 2.03 bits per heavy atom. The van der Waals surface area contributed by atoms with Crippen LogP contribution in [0.3, 0.4) is 0 Å². The average molecular weight is 479 g/mol. The first-order valence-corrected chi connectivity index (χ1v) is 11.8. The predicted molar refractivity (Wildman–Crippen MR) is 119 cm³/mol. The molecule has 3 aromatic rings. The third kappa shape index (κ3) is 4.34. The van der Waals surface area contributed by atoms with E-state index in [4.69, 9.17) is 23.2 Å². The molecule has 0 unspecified atom stereocenters. The molecule has 1 amide bonds. The van der Waals surface area contributed by atoms with E-state index in [9.17, 15) is 13.2 Å². The van der Waals surface area contributed by atoms with Gasteiger partial charge in [-0.25, -0.2) is 13.1 Å². The molecule has 4 rings (SSSR count). The molecule has 2 heterocycles. The standard InChI is InChI=1S/C21H20Cl2N4O3S/c1-15-20(14-24-27(15)18-6-2-16(22)3-7-18)21(28)25-10-12-26(13-11-25)31(29,30)19-8-4-17(23)5-9-19/h2-9,14H,10-13H2,1H3. The van der Waals surface area contributed by atoms with Crippen LogP contribution in [0.2, 0.25) is 10.0 Å². The van der Waals surface area contributed by atoms with Crippen LogP contribution < -0.4 is 0 Å². The first-order valence-electron chi connectivity index (χ1n) is 9.63. The summed E-state index contributed by atoms with van der Waals surface area (Å²) in [5.74, 6) is -0.166. The van der Waals surface area contributed by atoms with Gasteiger partial charge in [0.1, 0.15) is 0 Å². The first kappa shape index (κ1) is 21.8. The van der Waals surface area contributed by atoms with Crippen LogP contribution in [-0.2, 0) is 10.0 Å². The van der Waals surface area contributed by atoms with Crippen molar-refractivity contribution in [3.05, 3.63) is 76.0 Å². The zero-order valence-electron chi connectivity index (χ0n) is 16.7. The summed E-state index contributed by atoms with van der Waals surface area (Å²) in [6.45, 7) is 2.88. The summed E-state index contributed by atoms with van der Waals surface area (Å²) in [5, 5.41) is 5.44. The second-order valence-corrected chi connectivity index (χ2v) is 9.99.